The predicted octanol–water partition coefficient (Wildman–Crippen LogP) is 4.78. The first-order valence-electron chi connectivity index (χ1n) is 9.90. The van der Waals surface area contributed by atoms with Gasteiger partial charge in [-0.25, -0.2) is 9.78 Å². The lowest BCUT2D eigenvalue weighted by molar-refractivity contribution is 0.252. The van der Waals surface area contributed by atoms with Crippen molar-refractivity contribution < 1.29 is 9.53 Å². The smallest absolute Gasteiger partial charge is 0.319 e. The maximum atomic E-state index is 11.8. The van der Waals surface area contributed by atoms with E-state index in [1.165, 1.54) is 5.56 Å². The van der Waals surface area contributed by atoms with Crippen molar-refractivity contribution >= 4 is 17.5 Å². The fourth-order valence-corrected chi connectivity index (χ4v) is 3.04. The van der Waals surface area contributed by atoms with Crippen LogP contribution in [0.15, 0.2) is 54.7 Å². The molecule has 7 heteroatoms. The number of methoxy groups -OCH3 is 1. The molecule has 0 aliphatic heterocycles. The highest BCUT2D eigenvalue weighted by Crippen LogP contribution is 2.31. The highest BCUT2D eigenvalue weighted by Gasteiger charge is 2.13. The molecule has 0 fully saturated rings. The maximum Gasteiger partial charge on any atom is 0.319 e. The molecular formula is C23H27N5O2. The second kappa shape index (κ2) is 9.73. The summed E-state index contributed by atoms with van der Waals surface area (Å²) in [5.41, 5.74) is 4.14. The molecule has 3 N–H and O–H groups in total. The van der Waals surface area contributed by atoms with E-state index in [1.807, 2.05) is 44.2 Å². The average molecular weight is 406 g/mol. The van der Waals surface area contributed by atoms with Gasteiger partial charge < -0.3 is 20.7 Å². The average Bonchev–Trinajstić information content (AvgIpc) is 2.76. The molecule has 0 radical (unpaired) electrons. The third-order valence-corrected chi connectivity index (χ3v) is 4.69. The summed E-state index contributed by atoms with van der Waals surface area (Å²) in [6.07, 6.45) is 1.74. The zero-order valence-corrected chi connectivity index (χ0v) is 17.7. The van der Waals surface area contributed by atoms with E-state index in [4.69, 9.17) is 9.72 Å². The molecule has 0 aliphatic rings. The molecule has 0 spiro atoms. The fourth-order valence-electron chi connectivity index (χ4n) is 3.04. The first kappa shape index (κ1) is 21.1. The minimum Gasteiger partial charge on any atom is -0.495 e. The molecule has 0 bridgehead atoms. The van der Waals surface area contributed by atoms with Crippen LogP contribution in [0, 0.1) is 6.92 Å². The van der Waals surface area contributed by atoms with Gasteiger partial charge in [0, 0.05) is 12.1 Å². The second-order valence-electron chi connectivity index (χ2n) is 6.87. The van der Waals surface area contributed by atoms with Crippen molar-refractivity contribution in [2.24, 2.45) is 0 Å². The molecule has 156 valence electrons. The number of nitrogens with zero attached hydrogens (tertiary/aromatic N) is 2. The molecule has 3 rings (SSSR count). The van der Waals surface area contributed by atoms with Gasteiger partial charge in [0.05, 0.1) is 36.4 Å². The summed E-state index contributed by atoms with van der Waals surface area (Å²) in [5.74, 6) is 1.28. The lowest BCUT2D eigenvalue weighted by atomic mass is 10.1. The summed E-state index contributed by atoms with van der Waals surface area (Å²) < 4.78 is 5.46. The zero-order valence-electron chi connectivity index (χ0n) is 17.7. The lowest BCUT2D eigenvalue weighted by Crippen LogP contribution is -2.28. The van der Waals surface area contributed by atoms with Gasteiger partial charge >= 0.3 is 6.03 Å². The van der Waals surface area contributed by atoms with Crippen molar-refractivity contribution in [3.05, 3.63) is 66.0 Å². The molecule has 1 unspecified atom stereocenters. The van der Waals surface area contributed by atoms with Gasteiger partial charge in [-0.2, -0.15) is 0 Å². The first-order valence-corrected chi connectivity index (χ1v) is 9.90. The Balaban J connectivity index is 1.85. The second-order valence-corrected chi connectivity index (χ2v) is 6.87. The van der Waals surface area contributed by atoms with E-state index >= 15 is 0 Å². The number of aromatic nitrogens is 2. The van der Waals surface area contributed by atoms with Gasteiger partial charge in [-0.3, -0.25) is 4.98 Å². The Kier molecular flexibility index (Phi) is 6.85. The number of hydrogen-bond acceptors (Lipinski definition) is 5. The van der Waals surface area contributed by atoms with Crippen LogP contribution in [-0.2, 0) is 0 Å². The van der Waals surface area contributed by atoms with Crippen LogP contribution < -0.4 is 20.7 Å². The van der Waals surface area contributed by atoms with Crippen molar-refractivity contribution in [1.29, 1.82) is 0 Å². The summed E-state index contributed by atoms with van der Waals surface area (Å²) in [4.78, 5) is 21.1. The molecule has 2 amide bonds. The third-order valence-electron chi connectivity index (χ3n) is 4.69. The monoisotopic (exact) mass is 405 g/mol. The maximum absolute atomic E-state index is 11.8. The highest BCUT2D eigenvalue weighted by molar-refractivity contribution is 5.91. The quantitative estimate of drug-likeness (QED) is 0.527. The van der Waals surface area contributed by atoms with E-state index in [2.05, 4.69) is 40.0 Å². The Morgan fingerprint density at radius 1 is 1.17 bits per heavy atom. The van der Waals surface area contributed by atoms with Crippen LogP contribution in [0.2, 0.25) is 0 Å². The normalized spacial score (nSPS) is 11.5. The molecular weight excluding hydrogens is 378 g/mol. The first-order chi connectivity index (χ1) is 14.5. The third kappa shape index (κ3) is 5.05. The van der Waals surface area contributed by atoms with Crippen LogP contribution in [0.3, 0.4) is 0 Å². The number of rotatable bonds is 7. The Morgan fingerprint density at radius 2 is 1.93 bits per heavy atom. The summed E-state index contributed by atoms with van der Waals surface area (Å²) in [7, 11) is 1.57. The fraction of sp³-hybridized carbons (Fsp3) is 0.261. The molecule has 0 aliphatic carbocycles. The van der Waals surface area contributed by atoms with E-state index in [0.717, 1.165) is 17.1 Å². The minimum absolute atomic E-state index is 0.0904. The van der Waals surface area contributed by atoms with Gasteiger partial charge in [-0.15, -0.1) is 0 Å². The van der Waals surface area contributed by atoms with Crippen molar-refractivity contribution in [3.63, 3.8) is 0 Å². The van der Waals surface area contributed by atoms with Gasteiger partial charge in [0.25, 0.3) is 0 Å². The van der Waals surface area contributed by atoms with Gasteiger partial charge in [0.15, 0.2) is 0 Å². The summed E-state index contributed by atoms with van der Waals surface area (Å²) in [5, 5.41) is 8.93. The number of anilines is 2. The standard InChI is InChI=1S/C23H27N5O2/c1-5-24-23(29)28-19-12-11-18(13-21(19)30-4)20-14-25-16(3)22(27-20)26-15(2)17-9-7-6-8-10-17/h6-15H,5H2,1-4H3,(H,26,27)(H2,24,28,29). The molecule has 7 nitrogen and oxygen atoms in total. The van der Waals surface area contributed by atoms with E-state index in [1.54, 1.807) is 19.4 Å². The van der Waals surface area contributed by atoms with Crippen LogP contribution in [-0.4, -0.2) is 29.7 Å². The molecule has 3 aromatic rings. The van der Waals surface area contributed by atoms with Crippen LogP contribution in [0.5, 0.6) is 5.75 Å². The number of carbonyl (C=O) groups excluding carboxylic acids is 1. The number of benzene rings is 2. The van der Waals surface area contributed by atoms with Crippen LogP contribution >= 0.6 is 0 Å². The SMILES string of the molecule is CCNC(=O)Nc1ccc(-c2cnc(C)c(NC(C)c3ccccc3)n2)cc1OC. The molecule has 30 heavy (non-hydrogen) atoms. The van der Waals surface area contributed by atoms with Crippen molar-refractivity contribution in [3.8, 4) is 17.0 Å². The van der Waals surface area contributed by atoms with Gasteiger partial charge in [-0.1, -0.05) is 36.4 Å². The van der Waals surface area contributed by atoms with Gasteiger partial charge in [-0.05, 0) is 38.5 Å². The topological polar surface area (TPSA) is 88.2 Å². The van der Waals surface area contributed by atoms with Crippen molar-refractivity contribution in [1.82, 2.24) is 15.3 Å². The Hall–Kier alpha value is -3.61. The van der Waals surface area contributed by atoms with E-state index in [9.17, 15) is 4.79 Å². The van der Waals surface area contributed by atoms with E-state index in [0.29, 0.717) is 23.7 Å². The molecule has 0 saturated carbocycles. The number of ether oxygens (including phenoxy) is 1. The molecule has 0 saturated heterocycles. The van der Waals surface area contributed by atoms with Gasteiger partial charge in [0.2, 0.25) is 0 Å². The Bertz CT molecular complexity index is 1010. The molecule has 1 heterocycles. The lowest BCUT2D eigenvalue weighted by Gasteiger charge is -2.17. The van der Waals surface area contributed by atoms with E-state index < -0.39 is 0 Å². The van der Waals surface area contributed by atoms with E-state index in [-0.39, 0.29) is 12.1 Å². The molecule has 1 atom stereocenters. The van der Waals surface area contributed by atoms with Crippen LogP contribution in [0.4, 0.5) is 16.3 Å². The summed E-state index contributed by atoms with van der Waals surface area (Å²) in [6.45, 7) is 6.42. The predicted molar refractivity (Wildman–Crippen MR) is 120 cm³/mol. The van der Waals surface area contributed by atoms with Crippen molar-refractivity contribution in [2.75, 3.05) is 24.3 Å². The molecule has 1 aromatic heterocycles. The number of urea groups is 1. The van der Waals surface area contributed by atoms with Gasteiger partial charge in [0.1, 0.15) is 11.6 Å². The number of hydrogen-bond donors (Lipinski definition) is 3. The summed E-state index contributed by atoms with van der Waals surface area (Å²) in [6, 6.07) is 15.5. The number of amides is 2. The van der Waals surface area contributed by atoms with Crippen molar-refractivity contribution in [2.45, 2.75) is 26.8 Å². The van der Waals surface area contributed by atoms with Crippen LogP contribution in [0.25, 0.3) is 11.3 Å². The number of nitrogens with one attached hydrogen (secondary N) is 3. The molecule has 2 aromatic carbocycles. The zero-order chi connectivity index (χ0) is 21.5. The minimum atomic E-state index is -0.278. The number of aryl methyl sites for hydroxylation is 1. The summed E-state index contributed by atoms with van der Waals surface area (Å²) >= 11 is 0. The number of carbonyl (C=O) groups is 1. The van der Waals surface area contributed by atoms with Crippen LogP contribution in [0.1, 0.15) is 31.1 Å². The highest BCUT2D eigenvalue weighted by atomic mass is 16.5. The largest absolute Gasteiger partial charge is 0.495 e. The Morgan fingerprint density at radius 3 is 2.63 bits per heavy atom. The Labute approximate surface area is 176 Å².